The first-order chi connectivity index (χ1) is 12.1. The Balaban J connectivity index is 1.33. The van der Waals surface area contributed by atoms with Gasteiger partial charge in [0.15, 0.2) is 0 Å². The van der Waals surface area contributed by atoms with Crippen molar-refractivity contribution in [2.75, 3.05) is 39.3 Å². The minimum atomic E-state index is -0.120. The topological polar surface area (TPSA) is 64.7 Å². The number of carbonyl (C=O) groups is 2. The lowest BCUT2D eigenvalue weighted by molar-refractivity contribution is -0.127. The second-order valence-corrected chi connectivity index (χ2v) is 7.98. The Labute approximate surface area is 153 Å². The monoisotopic (exact) mass is 364 g/mol. The number of hydrogen-bond acceptors (Lipinski definition) is 5. The fourth-order valence-electron chi connectivity index (χ4n) is 3.09. The molecule has 3 rings (SSSR count). The van der Waals surface area contributed by atoms with Gasteiger partial charge in [0.05, 0.1) is 12.6 Å². The number of carbonyl (C=O) groups excluding carboxylic acids is 2. The summed E-state index contributed by atoms with van der Waals surface area (Å²) in [6.45, 7) is 6.47. The second-order valence-electron chi connectivity index (χ2n) is 6.95. The van der Waals surface area contributed by atoms with Crippen LogP contribution < -0.4 is 10.6 Å². The average Bonchev–Trinajstić information content (AvgIpc) is 3.26. The largest absolute Gasteiger partial charge is 0.354 e. The number of nitrogens with one attached hydrogen (secondary N) is 2. The molecule has 0 bridgehead atoms. The lowest BCUT2D eigenvalue weighted by Gasteiger charge is -2.37. The lowest BCUT2D eigenvalue weighted by atomic mass is 10.2. The molecule has 1 atom stereocenters. The van der Waals surface area contributed by atoms with Crippen LogP contribution in [0.5, 0.6) is 0 Å². The lowest BCUT2D eigenvalue weighted by Crippen LogP contribution is -2.55. The van der Waals surface area contributed by atoms with Gasteiger partial charge >= 0.3 is 0 Å². The molecule has 2 amide bonds. The molecule has 2 heterocycles. The number of amides is 2. The van der Waals surface area contributed by atoms with Gasteiger partial charge in [0, 0.05) is 43.6 Å². The molecule has 7 heteroatoms. The smallest absolute Gasteiger partial charge is 0.237 e. The van der Waals surface area contributed by atoms with E-state index >= 15 is 0 Å². The zero-order chi connectivity index (χ0) is 17.6. The maximum atomic E-state index is 12.3. The van der Waals surface area contributed by atoms with E-state index in [0.717, 1.165) is 45.4 Å². The zero-order valence-corrected chi connectivity index (χ0v) is 15.7. The minimum absolute atomic E-state index is 0.0940. The quantitative estimate of drug-likeness (QED) is 0.712. The maximum absolute atomic E-state index is 12.3. The molecular formula is C18H28N4O2S. The van der Waals surface area contributed by atoms with Gasteiger partial charge < -0.3 is 10.6 Å². The Morgan fingerprint density at radius 1 is 1.28 bits per heavy atom. The predicted octanol–water partition coefficient (Wildman–Crippen LogP) is 0.692. The van der Waals surface area contributed by atoms with Crippen LogP contribution in [0, 0.1) is 0 Å². The van der Waals surface area contributed by atoms with Crippen molar-refractivity contribution in [1.82, 2.24) is 20.4 Å². The van der Waals surface area contributed by atoms with E-state index in [0.29, 0.717) is 19.1 Å². The van der Waals surface area contributed by atoms with Crippen LogP contribution in [0.1, 0.15) is 24.6 Å². The Hall–Kier alpha value is -1.44. The van der Waals surface area contributed by atoms with Crippen molar-refractivity contribution in [3.63, 3.8) is 0 Å². The molecular weight excluding hydrogens is 336 g/mol. The summed E-state index contributed by atoms with van der Waals surface area (Å²) in [6, 6.07) is 4.44. The molecule has 0 spiro atoms. The third kappa shape index (κ3) is 5.80. The summed E-state index contributed by atoms with van der Waals surface area (Å²) in [5.41, 5.74) is 0. The summed E-state index contributed by atoms with van der Waals surface area (Å²) in [5, 5.41) is 8.13. The predicted molar refractivity (Wildman–Crippen MR) is 99.7 cm³/mol. The van der Waals surface area contributed by atoms with Crippen molar-refractivity contribution in [3.8, 4) is 0 Å². The average molecular weight is 365 g/mol. The van der Waals surface area contributed by atoms with Crippen molar-refractivity contribution in [1.29, 1.82) is 0 Å². The normalized spacial score (nSPS) is 20.2. The van der Waals surface area contributed by atoms with E-state index in [1.807, 2.05) is 13.0 Å². The molecule has 25 heavy (non-hydrogen) atoms. The summed E-state index contributed by atoms with van der Waals surface area (Å²) >= 11 is 1.72. The molecule has 2 aliphatic rings. The highest BCUT2D eigenvalue weighted by atomic mass is 32.1. The molecule has 1 aliphatic heterocycles. The first kappa shape index (κ1) is 18.4. The Kier molecular flexibility index (Phi) is 6.45. The molecule has 2 N–H and O–H groups in total. The molecule has 138 valence electrons. The van der Waals surface area contributed by atoms with Gasteiger partial charge in [-0.3, -0.25) is 19.4 Å². The molecule has 1 aromatic heterocycles. The van der Waals surface area contributed by atoms with Crippen LogP contribution in [0.4, 0.5) is 0 Å². The molecule has 0 aromatic carbocycles. The standard InChI is InChI=1S/C18H28N4O2S/c1-14(18(24)19-7-6-16-3-2-12-25-16)22-10-8-21(9-11-22)13-17(23)20-15-4-5-15/h2-3,12,14-15H,4-11,13H2,1H3,(H,19,24)(H,20,23). The van der Waals surface area contributed by atoms with Crippen LogP contribution in [0.2, 0.25) is 0 Å². The van der Waals surface area contributed by atoms with Gasteiger partial charge in [-0.25, -0.2) is 0 Å². The molecule has 1 aromatic rings. The third-order valence-corrected chi connectivity index (χ3v) is 5.83. The molecule has 1 aliphatic carbocycles. The second kappa shape index (κ2) is 8.78. The number of rotatable bonds is 8. The highest BCUT2D eigenvalue weighted by molar-refractivity contribution is 7.09. The summed E-state index contributed by atoms with van der Waals surface area (Å²) < 4.78 is 0. The summed E-state index contributed by atoms with van der Waals surface area (Å²) in [7, 11) is 0. The summed E-state index contributed by atoms with van der Waals surface area (Å²) in [5.74, 6) is 0.229. The fraction of sp³-hybridized carbons (Fsp3) is 0.667. The Bertz CT molecular complexity index is 566. The van der Waals surface area contributed by atoms with Crippen LogP contribution in [-0.4, -0.2) is 73.0 Å². The van der Waals surface area contributed by atoms with Crippen molar-refractivity contribution >= 4 is 23.2 Å². The molecule has 0 radical (unpaired) electrons. The molecule has 1 saturated carbocycles. The van der Waals surface area contributed by atoms with Gasteiger partial charge in [0.25, 0.3) is 0 Å². The first-order valence-electron chi connectivity index (χ1n) is 9.17. The van der Waals surface area contributed by atoms with E-state index < -0.39 is 0 Å². The zero-order valence-electron chi connectivity index (χ0n) is 14.9. The number of hydrogen-bond donors (Lipinski definition) is 2. The van der Waals surface area contributed by atoms with Gasteiger partial charge in [-0.15, -0.1) is 11.3 Å². The van der Waals surface area contributed by atoms with Crippen LogP contribution in [0.3, 0.4) is 0 Å². The van der Waals surface area contributed by atoms with Gasteiger partial charge in [-0.1, -0.05) is 6.07 Å². The fourth-order valence-corrected chi connectivity index (χ4v) is 3.80. The molecule has 2 fully saturated rings. The number of piperazine rings is 1. The maximum Gasteiger partial charge on any atom is 0.237 e. The van der Waals surface area contributed by atoms with Crippen molar-refractivity contribution in [2.45, 2.75) is 38.3 Å². The summed E-state index contributed by atoms with van der Waals surface area (Å²) in [6.07, 6.45) is 3.14. The third-order valence-electron chi connectivity index (χ3n) is 4.89. The van der Waals surface area contributed by atoms with Crippen molar-refractivity contribution in [2.24, 2.45) is 0 Å². The van der Waals surface area contributed by atoms with E-state index in [1.165, 1.54) is 4.88 Å². The molecule has 6 nitrogen and oxygen atoms in total. The summed E-state index contributed by atoms with van der Waals surface area (Å²) in [4.78, 5) is 29.9. The first-order valence-corrected chi connectivity index (χ1v) is 10.1. The van der Waals surface area contributed by atoms with Gasteiger partial charge in [0.2, 0.25) is 11.8 Å². The van der Waals surface area contributed by atoms with Crippen molar-refractivity contribution < 1.29 is 9.59 Å². The Morgan fingerprint density at radius 3 is 2.68 bits per heavy atom. The van der Waals surface area contributed by atoms with E-state index in [-0.39, 0.29) is 17.9 Å². The van der Waals surface area contributed by atoms with Gasteiger partial charge in [0.1, 0.15) is 0 Å². The number of nitrogens with zero attached hydrogens (tertiary/aromatic N) is 2. The highest BCUT2D eigenvalue weighted by Gasteiger charge is 2.28. The van der Waals surface area contributed by atoms with Crippen LogP contribution in [0.25, 0.3) is 0 Å². The Morgan fingerprint density at radius 2 is 2.04 bits per heavy atom. The highest BCUT2D eigenvalue weighted by Crippen LogP contribution is 2.18. The van der Waals surface area contributed by atoms with Gasteiger partial charge in [-0.05, 0) is 37.6 Å². The number of thiophene rings is 1. The van der Waals surface area contributed by atoms with Gasteiger partial charge in [-0.2, -0.15) is 0 Å². The minimum Gasteiger partial charge on any atom is -0.354 e. The van der Waals surface area contributed by atoms with Crippen LogP contribution >= 0.6 is 11.3 Å². The van der Waals surface area contributed by atoms with Crippen LogP contribution in [-0.2, 0) is 16.0 Å². The van der Waals surface area contributed by atoms with E-state index in [1.54, 1.807) is 11.3 Å². The SMILES string of the molecule is CC(C(=O)NCCc1cccs1)N1CCN(CC(=O)NC2CC2)CC1. The van der Waals surface area contributed by atoms with E-state index in [2.05, 4.69) is 31.9 Å². The van der Waals surface area contributed by atoms with E-state index in [4.69, 9.17) is 0 Å². The van der Waals surface area contributed by atoms with Crippen molar-refractivity contribution in [3.05, 3.63) is 22.4 Å². The van der Waals surface area contributed by atoms with E-state index in [9.17, 15) is 9.59 Å². The molecule has 1 saturated heterocycles. The van der Waals surface area contributed by atoms with Crippen LogP contribution in [0.15, 0.2) is 17.5 Å². The molecule has 1 unspecified atom stereocenters.